The second-order valence-corrected chi connectivity index (χ2v) is 8.15. The van der Waals surface area contributed by atoms with Gasteiger partial charge in [-0.25, -0.2) is 13.8 Å². The Morgan fingerprint density at radius 3 is 2.44 bits per heavy atom. The van der Waals surface area contributed by atoms with Gasteiger partial charge in [-0.1, -0.05) is 0 Å². The Hall–Kier alpha value is -2.09. The van der Waals surface area contributed by atoms with Gasteiger partial charge < -0.3 is 14.6 Å². The fourth-order valence-corrected chi connectivity index (χ4v) is 2.74. The zero-order valence-electron chi connectivity index (χ0n) is 14.8. The van der Waals surface area contributed by atoms with Crippen LogP contribution in [0.1, 0.15) is 44.0 Å². The van der Waals surface area contributed by atoms with Gasteiger partial charge >= 0.3 is 12.1 Å². The number of nitrogens with zero attached hydrogens (tertiary/aromatic N) is 1. The van der Waals surface area contributed by atoms with Crippen LogP contribution in [0.5, 0.6) is 5.75 Å². The van der Waals surface area contributed by atoms with Crippen molar-refractivity contribution in [3.63, 3.8) is 0 Å². The van der Waals surface area contributed by atoms with E-state index in [2.05, 4.69) is 0 Å². The number of aromatic carboxylic acids is 1. The lowest BCUT2D eigenvalue weighted by atomic mass is 10.2. The van der Waals surface area contributed by atoms with Gasteiger partial charge in [0.2, 0.25) is 0 Å². The number of benzene rings is 1. The topological polar surface area (TPSA) is 93.1 Å². The predicted molar refractivity (Wildman–Crippen MR) is 94.4 cm³/mol. The minimum Gasteiger partial charge on any atom is -0.491 e. The van der Waals surface area contributed by atoms with Crippen LogP contribution < -0.4 is 9.04 Å². The molecule has 0 aliphatic heterocycles. The third-order valence-electron chi connectivity index (χ3n) is 3.41. The lowest BCUT2D eigenvalue weighted by Gasteiger charge is -2.26. The second-order valence-electron chi connectivity index (χ2n) is 6.94. The zero-order valence-corrected chi connectivity index (χ0v) is 15.6. The first-order valence-corrected chi connectivity index (χ1v) is 9.47. The summed E-state index contributed by atoms with van der Waals surface area (Å²) in [5.74, 6) is -0.472. The van der Waals surface area contributed by atoms with Crippen LogP contribution in [-0.2, 0) is 15.7 Å². The smallest absolute Gasteiger partial charge is 0.427 e. The van der Waals surface area contributed by atoms with Gasteiger partial charge in [-0.2, -0.15) is 4.31 Å². The summed E-state index contributed by atoms with van der Waals surface area (Å²) in [5.41, 5.74) is -0.508. The molecule has 7 nitrogen and oxygen atoms in total. The van der Waals surface area contributed by atoms with Crippen molar-refractivity contribution in [3.05, 3.63) is 23.8 Å². The van der Waals surface area contributed by atoms with Gasteiger partial charge in [-0.3, -0.25) is 0 Å². The number of hydrogen-bond acceptors (Lipinski definition) is 5. The Morgan fingerprint density at radius 2 is 1.96 bits per heavy atom. The summed E-state index contributed by atoms with van der Waals surface area (Å²) < 4.78 is 24.2. The summed E-state index contributed by atoms with van der Waals surface area (Å²) in [4.78, 5) is 23.7. The lowest BCUT2D eigenvalue weighted by Crippen LogP contribution is -2.38. The molecular weight excluding hydrogens is 346 g/mol. The SMILES string of the molecule is CS(=O)N(C(=O)OC(C)(C)C)c1ccc(C(=O)O)cc1OCC1CC1. The minimum absolute atomic E-state index is 0.0283. The van der Waals surface area contributed by atoms with Crippen LogP contribution in [0.2, 0.25) is 0 Å². The molecule has 0 heterocycles. The summed E-state index contributed by atoms with van der Waals surface area (Å²) in [5, 5.41) is 9.18. The van der Waals surface area contributed by atoms with E-state index in [1.165, 1.54) is 24.5 Å². The van der Waals surface area contributed by atoms with E-state index in [0.29, 0.717) is 12.5 Å². The molecule has 1 aliphatic carbocycles. The highest BCUT2D eigenvalue weighted by Crippen LogP contribution is 2.35. The van der Waals surface area contributed by atoms with E-state index in [1.807, 2.05) is 0 Å². The molecule has 8 heteroatoms. The Morgan fingerprint density at radius 1 is 1.32 bits per heavy atom. The van der Waals surface area contributed by atoms with Crippen LogP contribution in [-0.4, -0.2) is 39.8 Å². The summed E-state index contributed by atoms with van der Waals surface area (Å²) in [7, 11) is -1.71. The van der Waals surface area contributed by atoms with Crippen LogP contribution in [0, 0.1) is 5.92 Å². The maximum absolute atomic E-state index is 12.5. The van der Waals surface area contributed by atoms with Crippen LogP contribution in [0.25, 0.3) is 0 Å². The molecule has 1 N–H and O–H groups in total. The van der Waals surface area contributed by atoms with Crippen molar-refractivity contribution >= 4 is 28.7 Å². The summed E-state index contributed by atoms with van der Waals surface area (Å²) in [6, 6.07) is 4.09. The molecule has 2 rings (SSSR count). The number of carbonyl (C=O) groups excluding carboxylic acids is 1. The molecular formula is C17H23NO6S. The van der Waals surface area contributed by atoms with E-state index in [-0.39, 0.29) is 17.0 Å². The average molecular weight is 369 g/mol. The van der Waals surface area contributed by atoms with Crippen molar-refractivity contribution in [1.29, 1.82) is 0 Å². The molecule has 1 atom stereocenters. The first kappa shape index (κ1) is 19.2. The quantitative estimate of drug-likeness (QED) is 0.828. The van der Waals surface area contributed by atoms with Gasteiger partial charge in [0, 0.05) is 6.26 Å². The highest BCUT2D eigenvalue weighted by Gasteiger charge is 2.30. The number of carbonyl (C=O) groups is 2. The molecule has 1 fully saturated rings. The molecule has 0 aromatic heterocycles. The number of ether oxygens (including phenoxy) is 2. The fourth-order valence-electron chi connectivity index (χ4n) is 2.07. The van der Waals surface area contributed by atoms with Crippen molar-refractivity contribution in [1.82, 2.24) is 0 Å². The number of hydrogen-bond donors (Lipinski definition) is 1. The largest absolute Gasteiger partial charge is 0.491 e. The van der Waals surface area contributed by atoms with Gasteiger partial charge in [0.05, 0.1) is 12.2 Å². The molecule has 1 saturated carbocycles. The van der Waals surface area contributed by atoms with E-state index >= 15 is 0 Å². The fraction of sp³-hybridized carbons (Fsp3) is 0.529. The molecule has 1 amide bonds. The molecule has 1 aromatic carbocycles. The molecule has 0 bridgehead atoms. The van der Waals surface area contributed by atoms with Crippen LogP contribution in [0.15, 0.2) is 18.2 Å². The van der Waals surface area contributed by atoms with Crippen molar-refractivity contribution in [3.8, 4) is 5.75 Å². The standard InChI is InChI=1S/C17H23NO6S/c1-17(2,3)24-16(21)18(25(4)22)13-8-7-12(15(19)20)9-14(13)23-10-11-5-6-11/h7-9,11H,5-6,10H2,1-4H3,(H,19,20). The molecule has 0 spiro atoms. The Bertz CT molecular complexity index is 693. The summed E-state index contributed by atoms with van der Waals surface area (Å²) in [6.45, 7) is 5.55. The van der Waals surface area contributed by atoms with Gasteiger partial charge in [0.25, 0.3) is 0 Å². The molecule has 1 aliphatic rings. The normalized spacial score (nSPS) is 15.4. The van der Waals surface area contributed by atoms with Gasteiger partial charge in [0.1, 0.15) is 28.0 Å². The Balaban J connectivity index is 2.38. The number of carboxylic acid groups (broad SMARTS) is 1. The lowest BCUT2D eigenvalue weighted by molar-refractivity contribution is 0.0608. The van der Waals surface area contributed by atoms with Crippen molar-refractivity contribution in [2.24, 2.45) is 5.92 Å². The molecule has 0 saturated heterocycles. The van der Waals surface area contributed by atoms with E-state index in [4.69, 9.17) is 9.47 Å². The van der Waals surface area contributed by atoms with Crippen molar-refractivity contribution in [2.45, 2.75) is 39.2 Å². The highest BCUT2D eigenvalue weighted by molar-refractivity contribution is 7.86. The van der Waals surface area contributed by atoms with E-state index < -0.39 is 28.6 Å². The maximum atomic E-state index is 12.5. The summed E-state index contributed by atoms with van der Waals surface area (Å²) >= 11 is 0. The second kappa shape index (κ2) is 7.43. The Kier molecular flexibility index (Phi) is 5.72. The van der Waals surface area contributed by atoms with Crippen molar-refractivity contribution in [2.75, 3.05) is 17.2 Å². The third-order valence-corrected chi connectivity index (χ3v) is 4.27. The molecule has 1 unspecified atom stereocenters. The monoisotopic (exact) mass is 369 g/mol. The predicted octanol–water partition coefficient (Wildman–Crippen LogP) is 3.21. The molecule has 138 valence electrons. The van der Waals surface area contributed by atoms with Crippen LogP contribution in [0.3, 0.4) is 0 Å². The molecule has 25 heavy (non-hydrogen) atoms. The number of rotatable bonds is 6. The number of anilines is 1. The van der Waals surface area contributed by atoms with Gasteiger partial charge in [-0.05, 0) is 57.7 Å². The first-order valence-electron chi connectivity index (χ1n) is 7.95. The van der Waals surface area contributed by atoms with Gasteiger partial charge in [0.15, 0.2) is 0 Å². The first-order chi connectivity index (χ1) is 11.6. The average Bonchev–Trinajstić information content (AvgIpc) is 3.27. The van der Waals surface area contributed by atoms with Crippen LogP contribution >= 0.6 is 0 Å². The van der Waals surface area contributed by atoms with Gasteiger partial charge in [-0.15, -0.1) is 0 Å². The number of amides is 1. The van der Waals surface area contributed by atoms with E-state index in [9.17, 15) is 18.9 Å². The maximum Gasteiger partial charge on any atom is 0.427 e. The molecule has 1 aromatic rings. The minimum atomic E-state index is -1.71. The molecule has 0 radical (unpaired) electrons. The van der Waals surface area contributed by atoms with Crippen LogP contribution in [0.4, 0.5) is 10.5 Å². The zero-order chi connectivity index (χ0) is 18.8. The van der Waals surface area contributed by atoms with Crippen molar-refractivity contribution < 1.29 is 28.4 Å². The highest BCUT2D eigenvalue weighted by atomic mass is 32.2. The third kappa shape index (κ3) is 5.45. The number of carboxylic acids is 1. The summed E-state index contributed by atoms with van der Waals surface area (Å²) in [6.07, 6.45) is 2.68. The van der Waals surface area contributed by atoms with E-state index in [1.54, 1.807) is 20.8 Å². The Labute approximate surface area is 149 Å². The van der Waals surface area contributed by atoms with E-state index in [0.717, 1.165) is 17.1 Å².